The number of carbonyl (C=O) groups excluding carboxylic acids is 2. The maximum absolute atomic E-state index is 15.3. The second-order valence-electron chi connectivity index (χ2n) is 15.6. The Morgan fingerprint density at radius 2 is 1.48 bits per heavy atom. The maximum Gasteiger partial charge on any atom is 0.265 e. The van der Waals surface area contributed by atoms with Gasteiger partial charge in [0, 0.05) is 92.6 Å². The van der Waals surface area contributed by atoms with Crippen molar-refractivity contribution < 1.29 is 24.2 Å². The Bertz CT molecular complexity index is 2710. The van der Waals surface area contributed by atoms with Crippen molar-refractivity contribution in [3.63, 3.8) is 0 Å². The predicted molar refractivity (Wildman–Crippen MR) is 224 cm³/mol. The number of benzene rings is 4. The number of amides is 2. The molecule has 1 atom stereocenters. The highest BCUT2D eigenvalue weighted by Gasteiger charge is 2.35. The molecule has 0 unspecified atom stereocenters. The van der Waals surface area contributed by atoms with Crippen molar-refractivity contribution in [3.05, 3.63) is 144 Å². The highest BCUT2D eigenvalue weighted by Crippen LogP contribution is 2.42. The quantitative estimate of drug-likeness (QED) is 0.182. The van der Waals surface area contributed by atoms with Gasteiger partial charge in [-0.15, -0.1) is 0 Å². The molecule has 11 nitrogen and oxygen atoms in total. The average molecular weight is 773 g/mol. The van der Waals surface area contributed by atoms with Crippen molar-refractivity contribution in [2.75, 3.05) is 51.5 Å². The molecular weight excluding hydrogens is 729 g/mol. The van der Waals surface area contributed by atoms with Crippen LogP contribution in [0, 0.1) is 0 Å². The first-order valence-corrected chi connectivity index (χ1v) is 19.8. The molecule has 3 aromatic heterocycles. The summed E-state index contributed by atoms with van der Waals surface area (Å²) in [5, 5.41) is 11.2. The molecule has 1 fully saturated rings. The molecule has 11 heteroatoms. The Hall–Kier alpha value is -6.56. The predicted octanol–water partition coefficient (Wildman–Crippen LogP) is 7.33. The summed E-state index contributed by atoms with van der Waals surface area (Å²) in [7, 11) is 4.15. The van der Waals surface area contributed by atoms with Gasteiger partial charge in [0.25, 0.3) is 11.8 Å². The average Bonchev–Trinajstić information content (AvgIpc) is 3.98. The SMILES string of the molecule is CN1CCN(C[C@@H]2Cc3ccccc3CN2C(=O)c2cc3c(cc2-c2cc(C(=O)N(c4ccc(O)cc4)c4ccc5c(ccn5C)c4)c4ccccn24)OCO3)CC1. The van der Waals surface area contributed by atoms with Crippen molar-refractivity contribution in [3.8, 4) is 28.5 Å². The second-order valence-corrected chi connectivity index (χ2v) is 15.6. The number of pyridine rings is 1. The number of aromatic hydroxyl groups is 1. The Labute approximate surface area is 336 Å². The smallest absolute Gasteiger partial charge is 0.265 e. The van der Waals surface area contributed by atoms with Crippen LogP contribution in [0.3, 0.4) is 0 Å². The van der Waals surface area contributed by atoms with Crippen LogP contribution in [0.4, 0.5) is 11.4 Å². The number of anilines is 2. The van der Waals surface area contributed by atoms with Crippen LogP contribution in [0.2, 0.25) is 0 Å². The van der Waals surface area contributed by atoms with E-state index in [0.29, 0.717) is 57.3 Å². The molecule has 2 amide bonds. The van der Waals surface area contributed by atoms with Crippen LogP contribution in [0.15, 0.2) is 122 Å². The lowest BCUT2D eigenvalue weighted by atomic mass is 9.92. The summed E-state index contributed by atoms with van der Waals surface area (Å²) in [4.78, 5) is 39.0. The van der Waals surface area contributed by atoms with E-state index in [1.54, 1.807) is 29.2 Å². The fourth-order valence-corrected chi connectivity index (χ4v) is 8.85. The Morgan fingerprint density at radius 1 is 0.741 bits per heavy atom. The summed E-state index contributed by atoms with van der Waals surface area (Å²) in [5.74, 6) is 0.818. The molecule has 3 aliphatic heterocycles. The van der Waals surface area contributed by atoms with E-state index in [1.165, 1.54) is 5.56 Å². The molecule has 0 saturated carbocycles. The molecule has 0 spiro atoms. The minimum Gasteiger partial charge on any atom is -0.508 e. The molecule has 6 heterocycles. The second kappa shape index (κ2) is 14.4. The molecule has 0 radical (unpaired) electrons. The summed E-state index contributed by atoms with van der Waals surface area (Å²) < 4.78 is 15.8. The number of fused-ring (bicyclic) bond motifs is 4. The van der Waals surface area contributed by atoms with Gasteiger partial charge in [-0.3, -0.25) is 19.4 Å². The summed E-state index contributed by atoms with van der Waals surface area (Å²) in [5.41, 5.74) is 7.70. The van der Waals surface area contributed by atoms with Crippen LogP contribution in [-0.2, 0) is 20.0 Å². The van der Waals surface area contributed by atoms with E-state index in [-0.39, 0.29) is 30.4 Å². The number of hydrogen-bond acceptors (Lipinski definition) is 7. The first-order chi connectivity index (χ1) is 28.3. The zero-order valence-electron chi connectivity index (χ0n) is 32.5. The fourth-order valence-electron chi connectivity index (χ4n) is 8.85. The van der Waals surface area contributed by atoms with Crippen LogP contribution in [0.5, 0.6) is 17.2 Å². The summed E-state index contributed by atoms with van der Waals surface area (Å²) in [6, 6.07) is 34.4. The molecule has 0 aliphatic carbocycles. The van der Waals surface area contributed by atoms with Crippen molar-refractivity contribution in [1.29, 1.82) is 0 Å². The van der Waals surface area contributed by atoms with E-state index in [1.807, 2.05) is 100 Å². The van der Waals surface area contributed by atoms with Gasteiger partial charge in [0.2, 0.25) is 6.79 Å². The normalized spacial score (nSPS) is 16.9. The minimum absolute atomic E-state index is 0.0360. The third kappa shape index (κ3) is 6.32. The first-order valence-electron chi connectivity index (χ1n) is 19.8. The number of rotatable bonds is 7. The van der Waals surface area contributed by atoms with E-state index in [4.69, 9.17) is 9.47 Å². The van der Waals surface area contributed by atoms with E-state index in [0.717, 1.165) is 55.6 Å². The molecule has 7 aromatic rings. The van der Waals surface area contributed by atoms with E-state index < -0.39 is 0 Å². The van der Waals surface area contributed by atoms with Gasteiger partial charge >= 0.3 is 0 Å². The lowest BCUT2D eigenvalue weighted by Gasteiger charge is -2.41. The zero-order chi connectivity index (χ0) is 39.5. The third-order valence-corrected chi connectivity index (χ3v) is 12.0. The van der Waals surface area contributed by atoms with Crippen molar-refractivity contribution in [2.45, 2.75) is 19.0 Å². The number of hydrogen-bond donors (Lipinski definition) is 1. The highest BCUT2D eigenvalue weighted by atomic mass is 16.7. The summed E-state index contributed by atoms with van der Waals surface area (Å²) >= 11 is 0. The number of aromatic nitrogens is 2. The molecular formula is C47H44N6O5. The van der Waals surface area contributed by atoms with E-state index in [2.05, 4.69) is 35.0 Å². The van der Waals surface area contributed by atoms with Crippen LogP contribution < -0.4 is 14.4 Å². The standard InChI is InChI=1S/C47H44N6O5/c1-48-19-21-50(22-20-48)29-36-23-31-7-3-4-8-33(31)28-52(36)46(55)39-27-45-44(57-30-58-45)26-38(39)43-25-40(42-9-5-6-17-51(42)43)47(56)53(34-10-13-37(54)14-11-34)35-12-15-41-32(24-35)16-18-49(41)2/h3-18,24-27,36,54H,19-23,28-30H2,1-2H3/t36-/m0/s1. The number of carbonyl (C=O) groups is 2. The first kappa shape index (κ1) is 35.8. The Balaban J connectivity index is 1.09. The third-order valence-electron chi connectivity index (χ3n) is 12.0. The van der Waals surface area contributed by atoms with Crippen LogP contribution in [0.25, 0.3) is 27.7 Å². The summed E-state index contributed by atoms with van der Waals surface area (Å²) in [6.45, 7) is 5.24. The van der Waals surface area contributed by atoms with Gasteiger partial charge in [0.05, 0.1) is 22.3 Å². The molecule has 292 valence electrons. The fraction of sp³-hybridized carbons (Fsp3) is 0.234. The van der Waals surface area contributed by atoms with Gasteiger partial charge in [-0.1, -0.05) is 30.3 Å². The van der Waals surface area contributed by atoms with Crippen molar-refractivity contribution in [2.24, 2.45) is 7.05 Å². The zero-order valence-corrected chi connectivity index (χ0v) is 32.5. The van der Waals surface area contributed by atoms with Gasteiger partial charge in [-0.2, -0.15) is 0 Å². The Morgan fingerprint density at radius 3 is 2.29 bits per heavy atom. The monoisotopic (exact) mass is 772 g/mol. The molecule has 1 saturated heterocycles. The topological polar surface area (TPSA) is 95.1 Å². The van der Waals surface area contributed by atoms with Gasteiger partial charge in [0.1, 0.15) is 5.75 Å². The number of ether oxygens (including phenoxy) is 2. The highest BCUT2D eigenvalue weighted by molar-refractivity contribution is 6.16. The van der Waals surface area contributed by atoms with E-state index in [9.17, 15) is 5.11 Å². The minimum atomic E-state index is -0.260. The Kier molecular flexibility index (Phi) is 8.91. The van der Waals surface area contributed by atoms with Crippen LogP contribution in [-0.4, -0.2) is 93.2 Å². The lowest BCUT2D eigenvalue weighted by Crippen LogP contribution is -2.53. The molecule has 4 aromatic carbocycles. The van der Waals surface area contributed by atoms with Gasteiger partial charge in [0.15, 0.2) is 11.5 Å². The number of phenolic OH excluding ortho intramolecular Hbond substituents is 1. The molecule has 1 N–H and O–H groups in total. The number of nitrogens with zero attached hydrogens (tertiary/aromatic N) is 6. The number of phenols is 1. The van der Waals surface area contributed by atoms with E-state index >= 15 is 9.59 Å². The van der Waals surface area contributed by atoms with Gasteiger partial charge < -0.3 is 33.3 Å². The lowest BCUT2D eigenvalue weighted by molar-refractivity contribution is 0.0536. The number of piperazine rings is 1. The van der Waals surface area contributed by atoms with Crippen LogP contribution in [0.1, 0.15) is 31.8 Å². The molecule has 58 heavy (non-hydrogen) atoms. The largest absolute Gasteiger partial charge is 0.508 e. The molecule has 0 bridgehead atoms. The van der Waals surface area contributed by atoms with Crippen molar-refractivity contribution in [1.82, 2.24) is 23.7 Å². The number of likely N-dealkylation sites (N-methyl/N-ethyl adjacent to an activating group) is 1. The van der Waals surface area contributed by atoms with Gasteiger partial charge in [-0.25, -0.2) is 0 Å². The van der Waals surface area contributed by atoms with Crippen molar-refractivity contribution >= 4 is 39.6 Å². The molecule has 10 rings (SSSR count). The van der Waals surface area contributed by atoms with Gasteiger partial charge in [-0.05, 0) is 103 Å². The number of aryl methyl sites for hydroxylation is 1. The molecule has 3 aliphatic rings. The maximum atomic E-state index is 15.3. The van der Waals surface area contributed by atoms with Crippen LogP contribution >= 0.6 is 0 Å². The summed E-state index contributed by atoms with van der Waals surface area (Å²) in [6.07, 6.45) is 4.69.